The van der Waals surface area contributed by atoms with E-state index in [9.17, 15) is 0 Å². The molecular weight excluding hydrogens is 302 g/mol. The molecule has 1 aliphatic heterocycles. The molecule has 1 atom stereocenters. The Bertz CT molecular complexity index is 843. The van der Waals surface area contributed by atoms with E-state index in [0.29, 0.717) is 0 Å². The van der Waals surface area contributed by atoms with Gasteiger partial charge in [-0.3, -0.25) is 0 Å². The van der Waals surface area contributed by atoms with Crippen molar-refractivity contribution < 1.29 is 0 Å². The van der Waals surface area contributed by atoms with Crippen LogP contribution in [0.4, 0.5) is 5.82 Å². The van der Waals surface area contributed by atoms with Crippen LogP contribution in [0.25, 0.3) is 11.5 Å². The number of nitrogens with zero attached hydrogens (tertiary/aromatic N) is 6. The van der Waals surface area contributed by atoms with Crippen LogP contribution in [0.5, 0.6) is 0 Å². The van der Waals surface area contributed by atoms with Crippen molar-refractivity contribution in [2.24, 2.45) is 0 Å². The number of rotatable bonds is 3. The number of nitrogens with one attached hydrogen (secondary N) is 1. The van der Waals surface area contributed by atoms with Crippen molar-refractivity contribution in [3.8, 4) is 11.5 Å². The molecule has 4 heterocycles. The number of hydrogen-bond donors (Lipinski definition) is 1. The van der Waals surface area contributed by atoms with Gasteiger partial charge in [0.15, 0.2) is 5.82 Å². The highest BCUT2D eigenvalue weighted by Crippen LogP contribution is 2.34. The van der Waals surface area contributed by atoms with Crippen LogP contribution in [0, 0.1) is 13.8 Å². The molecule has 1 aliphatic rings. The average molecular weight is 321 g/mol. The number of anilines is 1. The summed E-state index contributed by atoms with van der Waals surface area (Å²) in [6.07, 6.45) is 7.35. The Labute approximate surface area is 140 Å². The summed E-state index contributed by atoms with van der Waals surface area (Å²) in [5, 5.41) is 0. The molecule has 0 aromatic carbocycles. The molecule has 4 rings (SSSR count). The molecule has 3 aromatic heterocycles. The van der Waals surface area contributed by atoms with E-state index in [1.807, 2.05) is 32.2 Å². The molecule has 0 unspecified atom stereocenters. The zero-order valence-electron chi connectivity index (χ0n) is 13.8. The molecule has 3 aromatic rings. The summed E-state index contributed by atoms with van der Waals surface area (Å²) in [7, 11) is 0. The van der Waals surface area contributed by atoms with Gasteiger partial charge in [-0.15, -0.1) is 0 Å². The molecule has 1 N–H and O–H groups in total. The Balaban J connectivity index is 1.72. The zero-order chi connectivity index (χ0) is 16.5. The first-order chi connectivity index (χ1) is 11.7. The van der Waals surface area contributed by atoms with Crippen molar-refractivity contribution in [1.29, 1.82) is 0 Å². The number of aromatic amines is 1. The van der Waals surface area contributed by atoms with Gasteiger partial charge >= 0.3 is 0 Å². The van der Waals surface area contributed by atoms with Crippen LogP contribution in [0.15, 0.2) is 30.9 Å². The summed E-state index contributed by atoms with van der Waals surface area (Å²) in [6, 6.07) is 4.19. The number of H-pyrrole nitrogens is 1. The Morgan fingerprint density at radius 3 is 2.88 bits per heavy atom. The van der Waals surface area contributed by atoms with Gasteiger partial charge in [-0.2, -0.15) is 0 Å². The van der Waals surface area contributed by atoms with Crippen molar-refractivity contribution in [3.05, 3.63) is 48.1 Å². The molecule has 0 radical (unpaired) electrons. The summed E-state index contributed by atoms with van der Waals surface area (Å²) in [5.41, 5.74) is 2.87. The summed E-state index contributed by atoms with van der Waals surface area (Å²) in [6.45, 7) is 4.88. The SMILES string of the molecule is Cc1nc(-c2ncc(C)[nH]2)cc([C@H]2CCCN2c2ccncn2)n1. The standard InChI is InChI=1S/C17H19N7/c1-11-9-19-17(21-11)14-8-13(22-12(2)23-14)15-4-3-7-24(15)16-5-6-18-10-20-16/h5-6,8-10,15H,3-4,7H2,1-2H3,(H,19,21)/t15-/m1/s1. The molecule has 0 amide bonds. The minimum atomic E-state index is 0.205. The Morgan fingerprint density at radius 2 is 2.12 bits per heavy atom. The van der Waals surface area contributed by atoms with Crippen LogP contribution in [0.1, 0.15) is 36.1 Å². The van der Waals surface area contributed by atoms with Crippen LogP contribution in [0.2, 0.25) is 0 Å². The van der Waals surface area contributed by atoms with Crippen LogP contribution in [-0.2, 0) is 0 Å². The highest BCUT2D eigenvalue weighted by molar-refractivity contribution is 5.51. The quantitative estimate of drug-likeness (QED) is 0.798. The summed E-state index contributed by atoms with van der Waals surface area (Å²) in [4.78, 5) is 27.6. The van der Waals surface area contributed by atoms with Crippen LogP contribution < -0.4 is 4.90 Å². The van der Waals surface area contributed by atoms with E-state index in [4.69, 9.17) is 0 Å². The second-order valence-corrected chi connectivity index (χ2v) is 6.06. The van der Waals surface area contributed by atoms with Crippen LogP contribution in [-0.4, -0.2) is 36.4 Å². The van der Waals surface area contributed by atoms with Crippen molar-refractivity contribution in [1.82, 2.24) is 29.9 Å². The highest BCUT2D eigenvalue weighted by atomic mass is 15.2. The predicted octanol–water partition coefficient (Wildman–Crippen LogP) is 2.62. The fourth-order valence-electron chi connectivity index (χ4n) is 3.23. The largest absolute Gasteiger partial charge is 0.348 e. The highest BCUT2D eigenvalue weighted by Gasteiger charge is 2.29. The first-order valence-corrected chi connectivity index (χ1v) is 8.11. The minimum absolute atomic E-state index is 0.205. The van der Waals surface area contributed by atoms with Gasteiger partial charge in [-0.25, -0.2) is 24.9 Å². The second-order valence-electron chi connectivity index (χ2n) is 6.06. The third kappa shape index (κ3) is 2.73. The van der Waals surface area contributed by atoms with E-state index in [1.54, 1.807) is 12.5 Å². The lowest BCUT2D eigenvalue weighted by Gasteiger charge is -2.25. The van der Waals surface area contributed by atoms with Crippen molar-refractivity contribution >= 4 is 5.82 Å². The lowest BCUT2D eigenvalue weighted by atomic mass is 10.1. The van der Waals surface area contributed by atoms with Gasteiger partial charge < -0.3 is 9.88 Å². The van der Waals surface area contributed by atoms with Gasteiger partial charge in [0.05, 0.1) is 11.7 Å². The van der Waals surface area contributed by atoms with Crippen LogP contribution >= 0.6 is 0 Å². The third-order valence-electron chi connectivity index (χ3n) is 4.26. The molecule has 0 aliphatic carbocycles. The fraction of sp³-hybridized carbons (Fsp3) is 0.353. The number of aromatic nitrogens is 6. The first-order valence-electron chi connectivity index (χ1n) is 8.11. The molecule has 1 saturated heterocycles. The summed E-state index contributed by atoms with van der Waals surface area (Å²) < 4.78 is 0. The smallest absolute Gasteiger partial charge is 0.156 e. The lowest BCUT2D eigenvalue weighted by molar-refractivity contribution is 0.680. The number of aryl methyl sites for hydroxylation is 2. The number of imidazole rings is 1. The Hall–Kier alpha value is -2.83. The van der Waals surface area contributed by atoms with Gasteiger partial charge in [0.1, 0.15) is 23.7 Å². The van der Waals surface area contributed by atoms with Gasteiger partial charge in [0.2, 0.25) is 0 Å². The molecule has 7 heteroatoms. The molecule has 1 fully saturated rings. The van der Waals surface area contributed by atoms with E-state index >= 15 is 0 Å². The van der Waals surface area contributed by atoms with Crippen molar-refractivity contribution in [2.75, 3.05) is 11.4 Å². The second kappa shape index (κ2) is 5.99. The summed E-state index contributed by atoms with van der Waals surface area (Å²) >= 11 is 0. The minimum Gasteiger partial charge on any atom is -0.348 e. The predicted molar refractivity (Wildman–Crippen MR) is 90.4 cm³/mol. The first kappa shape index (κ1) is 14.7. The molecule has 7 nitrogen and oxygen atoms in total. The molecule has 0 saturated carbocycles. The number of hydrogen-bond acceptors (Lipinski definition) is 6. The van der Waals surface area contributed by atoms with E-state index in [0.717, 1.165) is 53.9 Å². The topological polar surface area (TPSA) is 83.5 Å². The maximum Gasteiger partial charge on any atom is 0.156 e. The molecular formula is C17H19N7. The average Bonchev–Trinajstić information content (AvgIpc) is 3.24. The zero-order valence-corrected chi connectivity index (χ0v) is 13.8. The Morgan fingerprint density at radius 1 is 1.21 bits per heavy atom. The van der Waals surface area contributed by atoms with Gasteiger partial charge in [-0.1, -0.05) is 0 Å². The van der Waals surface area contributed by atoms with Gasteiger partial charge in [-0.05, 0) is 38.8 Å². The van der Waals surface area contributed by atoms with E-state index in [1.165, 1.54) is 0 Å². The molecule has 122 valence electrons. The maximum absolute atomic E-state index is 4.69. The molecule has 24 heavy (non-hydrogen) atoms. The monoisotopic (exact) mass is 321 g/mol. The normalized spacial score (nSPS) is 17.4. The van der Waals surface area contributed by atoms with Gasteiger partial charge in [0, 0.05) is 24.6 Å². The van der Waals surface area contributed by atoms with Crippen molar-refractivity contribution in [2.45, 2.75) is 32.7 Å². The maximum atomic E-state index is 4.69. The van der Waals surface area contributed by atoms with Crippen molar-refractivity contribution in [3.63, 3.8) is 0 Å². The molecule has 0 spiro atoms. The summed E-state index contributed by atoms with van der Waals surface area (Å²) in [5.74, 6) is 2.48. The molecule has 0 bridgehead atoms. The van der Waals surface area contributed by atoms with E-state index in [2.05, 4.69) is 34.8 Å². The van der Waals surface area contributed by atoms with Gasteiger partial charge in [0.25, 0.3) is 0 Å². The lowest BCUT2D eigenvalue weighted by Crippen LogP contribution is -2.24. The fourth-order valence-corrected chi connectivity index (χ4v) is 3.23. The third-order valence-corrected chi connectivity index (χ3v) is 4.26. The van der Waals surface area contributed by atoms with E-state index in [-0.39, 0.29) is 6.04 Å². The Kier molecular flexibility index (Phi) is 3.68. The van der Waals surface area contributed by atoms with Crippen LogP contribution in [0.3, 0.4) is 0 Å². The van der Waals surface area contributed by atoms with E-state index < -0.39 is 0 Å².